The molecule has 2 heterocycles. The van der Waals surface area contributed by atoms with Gasteiger partial charge in [0, 0.05) is 23.9 Å². The highest BCUT2D eigenvalue weighted by molar-refractivity contribution is 7.10. The van der Waals surface area contributed by atoms with E-state index in [-0.39, 0.29) is 30.4 Å². The largest absolute Gasteiger partial charge is 0.331 e. The third-order valence-electron chi connectivity index (χ3n) is 6.26. The van der Waals surface area contributed by atoms with Crippen LogP contribution in [0.5, 0.6) is 0 Å². The molecule has 1 aliphatic heterocycles. The Labute approximate surface area is 191 Å². The highest BCUT2D eigenvalue weighted by atomic mass is 32.1. The fourth-order valence-electron chi connectivity index (χ4n) is 4.46. The maximum atomic E-state index is 13.6. The van der Waals surface area contributed by atoms with Gasteiger partial charge in [-0.05, 0) is 61.7 Å². The lowest BCUT2D eigenvalue weighted by Gasteiger charge is -2.38. The fraction of sp³-hybridized carbons (Fsp3) is 0.538. The maximum Gasteiger partial charge on any atom is 0.243 e. The summed E-state index contributed by atoms with van der Waals surface area (Å²) in [5, 5.41) is 2.13. The average molecular weight is 441 g/mol. The van der Waals surface area contributed by atoms with Crippen LogP contribution in [0, 0.1) is 6.92 Å². The zero-order valence-corrected chi connectivity index (χ0v) is 20.2. The van der Waals surface area contributed by atoms with Crippen molar-refractivity contribution in [1.29, 1.82) is 0 Å². The van der Waals surface area contributed by atoms with Gasteiger partial charge < -0.3 is 9.80 Å². The van der Waals surface area contributed by atoms with E-state index in [1.807, 2.05) is 30.9 Å². The second kappa shape index (κ2) is 10.9. The molecule has 2 amide bonds. The van der Waals surface area contributed by atoms with Crippen LogP contribution in [-0.2, 0) is 16.0 Å². The Hall–Kier alpha value is -2.14. The van der Waals surface area contributed by atoms with Gasteiger partial charge in [0.15, 0.2) is 0 Å². The van der Waals surface area contributed by atoms with E-state index in [0.717, 1.165) is 32.1 Å². The van der Waals surface area contributed by atoms with Gasteiger partial charge in [0.1, 0.15) is 6.54 Å². The Morgan fingerprint density at radius 2 is 1.90 bits per heavy atom. The van der Waals surface area contributed by atoms with E-state index in [0.29, 0.717) is 13.0 Å². The lowest BCUT2D eigenvalue weighted by Crippen LogP contribution is -2.48. The Bertz CT molecular complexity index is 889. The third-order valence-corrected chi connectivity index (χ3v) is 7.26. The number of thiophene rings is 1. The summed E-state index contributed by atoms with van der Waals surface area (Å²) in [4.78, 5) is 31.6. The van der Waals surface area contributed by atoms with Crippen molar-refractivity contribution >= 4 is 23.2 Å². The number of rotatable bonds is 9. The predicted octanol–water partition coefficient (Wildman–Crippen LogP) is 5.74. The normalized spacial score (nSPS) is 15.8. The summed E-state index contributed by atoms with van der Waals surface area (Å²) in [5.74, 6) is 0.140. The minimum atomic E-state index is -0.0719. The van der Waals surface area contributed by atoms with Crippen LogP contribution < -0.4 is 0 Å². The number of benzene rings is 1. The van der Waals surface area contributed by atoms with Crippen molar-refractivity contribution in [3.05, 3.63) is 57.3 Å². The monoisotopic (exact) mass is 440 g/mol. The van der Waals surface area contributed by atoms with Gasteiger partial charge in [-0.15, -0.1) is 11.3 Å². The zero-order valence-electron chi connectivity index (χ0n) is 19.4. The number of carbonyl (C=O) groups excluding carboxylic acids is 2. The second-order valence-corrected chi connectivity index (χ2v) is 9.82. The van der Waals surface area contributed by atoms with Crippen molar-refractivity contribution in [3.8, 4) is 0 Å². The molecular weight excluding hydrogens is 404 g/mol. The van der Waals surface area contributed by atoms with E-state index in [2.05, 4.69) is 37.4 Å². The van der Waals surface area contributed by atoms with E-state index in [1.54, 1.807) is 16.2 Å². The molecule has 0 fully saturated rings. The molecule has 0 aliphatic carbocycles. The molecule has 0 radical (unpaired) electrons. The quantitative estimate of drug-likeness (QED) is 0.467. The predicted molar refractivity (Wildman–Crippen MR) is 128 cm³/mol. The van der Waals surface area contributed by atoms with Gasteiger partial charge in [0.2, 0.25) is 11.8 Å². The summed E-state index contributed by atoms with van der Waals surface area (Å²) in [7, 11) is 0. The molecule has 1 aromatic heterocycles. The molecule has 0 bridgehead atoms. The number of nitrogens with zero attached hydrogens (tertiary/aromatic N) is 2. The Morgan fingerprint density at radius 3 is 2.61 bits per heavy atom. The molecule has 3 rings (SSSR count). The van der Waals surface area contributed by atoms with Crippen molar-refractivity contribution < 1.29 is 9.59 Å². The topological polar surface area (TPSA) is 40.6 Å². The van der Waals surface area contributed by atoms with Crippen LogP contribution in [0.1, 0.15) is 80.5 Å². The van der Waals surface area contributed by atoms with Crippen molar-refractivity contribution in [3.63, 3.8) is 0 Å². The molecule has 1 unspecified atom stereocenters. The van der Waals surface area contributed by atoms with Gasteiger partial charge in [0.05, 0.1) is 6.04 Å². The van der Waals surface area contributed by atoms with Crippen LogP contribution in [0.2, 0.25) is 0 Å². The summed E-state index contributed by atoms with van der Waals surface area (Å²) in [6.45, 7) is 9.14. The highest BCUT2D eigenvalue weighted by Crippen LogP contribution is 2.39. The number of aryl methyl sites for hydroxylation is 1. The SMILES string of the molecule is CCCCCCC(=O)N(CC(=O)N1CCc2sccc2C1c1ccccc1C)C(C)C. The van der Waals surface area contributed by atoms with Crippen LogP contribution in [0.3, 0.4) is 0 Å². The van der Waals surface area contributed by atoms with Crippen LogP contribution >= 0.6 is 11.3 Å². The molecule has 1 aliphatic rings. The summed E-state index contributed by atoms with van der Waals surface area (Å²) in [6, 6.07) is 10.4. The van der Waals surface area contributed by atoms with Crippen LogP contribution in [0.15, 0.2) is 35.7 Å². The van der Waals surface area contributed by atoms with Crippen molar-refractivity contribution in [2.45, 2.75) is 78.3 Å². The standard InChI is InChI=1S/C26H36N2O2S/c1-5-6-7-8-13-24(29)28(19(2)3)18-25(30)27-16-14-23-22(15-17-31-23)26(27)21-12-10-9-11-20(21)4/h9-12,15,17,19,26H,5-8,13-14,16,18H2,1-4H3. The molecule has 4 nitrogen and oxygen atoms in total. The van der Waals surface area contributed by atoms with E-state index < -0.39 is 0 Å². The van der Waals surface area contributed by atoms with E-state index >= 15 is 0 Å². The second-order valence-electron chi connectivity index (χ2n) is 8.82. The van der Waals surface area contributed by atoms with Gasteiger partial charge in [-0.25, -0.2) is 0 Å². The fourth-order valence-corrected chi connectivity index (χ4v) is 5.36. The number of hydrogen-bond donors (Lipinski definition) is 0. The first-order valence-electron chi connectivity index (χ1n) is 11.6. The first-order valence-corrected chi connectivity index (χ1v) is 12.5. The summed E-state index contributed by atoms with van der Waals surface area (Å²) < 4.78 is 0. The van der Waals surface area contributed by atoms with Gasteiger partial charge in [-0.3, -0.25) is 9.59 Å². The molecule has 0 spiro atoms. The smallest absolute Gasteiger partial charge is 0.243 e. The lowest BCUT2D eigenvalue weighted by atomic mass is 9.90. The summed E-state index contributed by atoms with van der Waals surface area (Å²) in [6.07, 6.45) is 5.70. The maximum absolute atomic E-state index is 13.6. The molecule has 168 valence electrons. The van der Waals surface area contributed by atoms with E-state index in [1.165, 1.54) is 21.6 Å². The van der Waals surface area contributed by atoms with Gasteiger partial charge in [-0.1, -0.05) is 50.5 Å². The van der Waals surface area contributed by atoms with Crippen molar-refractivity contribution in [1.82, 2.24) is 9.80 Å². The molecule has 31 heavy (non-hydrogen) atoms. The summed E-state index contributed by atoms with van der Waals surface area (Å²) >= 11 is 1.78. The molecule has 1 atom stereocenters. The van der Waals surface area contributed by atoms with E-state index in [9.17, 15) is 9.59 Å². The van der Waals surface area contributed by atoms with E-state index in [4.69, 9.17) is 0 Å². The average Bonchev–Trinajstić information content (AvgIpc) is 3.23. The van der Waals surface area contributed by atoms with Crippen molar-refractivity contribution in [2.24, 2.45) is 0 Å². The van der Waals surface area contributed by atoms with Gasteiger partial charge in [0.25, 0.3) is 0 Å². The van der Waals surface area contributed by atoms with Gasteiger partial charge >= 0.3 is 0 Å². The number of amides is 2. The number of hydrogen-bond acceptors (Lipinski definition) is 3. The molecule has 0 saturated heterocycles. The molecule has 5 heteroatoms. The Balaban J connectivity index is 1.80. The molecule has 2 aromatic rings. The van der Waals surface area contributed by atoms with Crippen LogP contribution in [-0.4, -0.2) is 40.7 Å². The first-order chi connectivity index (χ1) is 14.9. The van der Waals surface area contributed by atoms with Crippen LogP contribution in [0.4, 0.5) is 0 Å². The van der Waals surface area contributed by atoms with Gasteiger partial charge in [-0.2, -0.15) is 0 Å². The lowest BCUT2D eigenvalue weighted by molar-refractivity contribution is -0.143. The Kier molecular flexibility index (Phi) is 8.30. The molecular formula is C26H36N2O2S. The molecule has 1 aromatic carbocycles. The molecule has 0 N–H and O–H groups in total. The Morgan fingerprint density at radius 1 is 1.13 bits per heavy atom. The number of carbonyl (C=O) groups is 2. The minimum Gasteiger partial charge on any atom is -0.331 e. The van der Waals surface area contributed by atoms with Crippen molar-refractivity contribution in [2.75, 3.05) is 13.1 Å². The minimum absolute atomic E-state index is 0.0148. The highest BCUT2D eigenvalue weighted by Gasteiger charge is 2.34. The third kappa shape index (κ3) is 5.57. The zero-order chi connectivity index (χ0) is 22.4. The molecule has 0 saturated carbocycles. The first kappa shape index (κ1) is 23.5. The van der Waals surface area contributed by atoms with Crippen LogP contribution in [0.25, 0.3) is 0 Å². The summed E-state index contributed by atoms with van der Waals surface area (Å²) in [5.41, 5.74) is 3.61. The number of fused-ring (bicyclic) bond motifs is 1. The number of unbranched alkanes of at least 4 members (excludes halogenated alkanes) is 3.